The fourth-order valence-electron chi connectivity index (χ4n) is 2.41. The molecule has 0 aromatic carbocycles. The van der Waals surface area contributed by atoms with Crippen LogP contribution in [0.4, 0.5) is 0 Å². The molecule has 1 fully saturated rings. The van der Waals surface area contributed by atoms with Gasteiger partial charge in [0, 0.05) is 37.4 Å². The van der Waals surface area contributed by atoms with E-state index in [9.17, 15) is 0 Å². The molecule has 90 valence electrons. The average molecular weight is 222 g/mol. The Labute approximate surface area is 97.4 Å². The summed E-state index contributed by atoms with van der Waals surface area (Å²) in [5.74, 6) is 0.807. The zero-order valence-electron chi connectivity index (χ0n) is 10.3. The first-order valence-corrected chi connectivity index (χ1v) is 6.12. The van der Waals surface area contributed by atoms with Crippen molar-refractivity contribution < 1.29 is 0 Å². The van der Waals surface area contributed by atoms with Crippen molar-refractivity contribution in [1.82, 2.24) is 14.7 Å². The predicted octanol–water partition coefficient (Wildman–Crippen LogP) is 1.07. The van der Waals surface area contributed by atoms with Crippen molar-refractivity contribution in [3.05, 3.63) is 18.0 Å². The lowest BCUT2D eigenvalue weighted by molar-refractivity contribution is 0.178. The first-order chi connectivity index (χ1) is 7.67. The van der Waals surface area contributed by atoms with Crippen LogP contribution in [0.15, 0.2) is 12.4 Å². The van der Waals surface area contributed by atoms with E-state index in [1.807, 2.05) is 10.9 Å². The molecule has 0 spiro atoms. The molecule has 1 aliphatic rings. The molecule has 0 unspecified atom stereocenters. The Balaban J connectivity index is 1.76. The quantitative estimate of drug-likeness (QED) is 0.810. The van der Waals surface area contributed by atoms with Gasteiger partial charge in [0.25, 0.3) is 0 Å². The van der Waals surface area contributed by atoms with Crippen molar-refractivity contribution in [3.63, 3.8) is 0 Å². The van der Waals surface area contributed by atoms with E-state index in [0.717, 1.165) is 25.6 Å². The van der Waals surface area contributed by atoms with Crippen LogP contribution in [0.25, 0.3) is 0 Å². The number of aryl methyl sites for hydroxylation is 1. The maximum absolute atomic E-state index is 5.79. The fourth-order valence-corrected chi connectivity index (χ4v) is 2.41. The largest absolute Gasteiger partial charge is 0.328 e. The lowest BCUT2D eigenvalue weighted by Crippen LogP contribution is -2.41. The van der Waals surface area contributed by atoms with Crippen molar-refractivity contribution in [2.75, 3.05) is 13.6 Å². The van der Waals surface area contributed by atoms with Gasteiger partial charge in [0.1, 0.15) is 0 Å². The highest BCUT2D eigenvalue weighted by atomic mass is 15.3. The summed E-state index contributed by atoms with van der Waals surface area (Å²) in [6.45, 7) is 5.20. The van der Waals surface area contributed by atoms with Crippen LogP contribution in [0.2, 0.25) is 0 Å². The molecule has 1 aliphatic carbocycles. The van der Waals surface area contributed by atoms with Gasteiger partial charge in [-0.2, -0.15) is 5.10 Å². The van der Waals surface area contributed by atoms with Gasteiger partial charge in [-0.15, -0.1) is 0 Å². The Bertz CT molecular complexity index is 328. The molecule has 1 aromatic heterocycles. The van der Waals surface area contributed by atoms with E-state index in [1.165, 1.54) is 18.4 Å². The molecule has 0 amide bonds. The van der Waals surface area contributed by atoms with Gasteiger partial charge in [-0.05, 0) is 32.7 Å². The van der Waals surface area contributed by atoms with Crippen LogP contribution in [-0.4, -0.2) is 34.3 Å². The summed E-state index contributed by atoms with van der Waals surface area (Å²) >= 11 is 0. The first kappa shape index (κ1) is 11.6. The maximum Gasteiger partial charge on any atom is 0.0534 e. The summed E-state index contributed by atoms with van der Waals surface area (Å²) in [7, 11) is 2.17. The molecule has 2 N–H and O–H groups in total. The molecular formula is C12H22N4. The van der Waals surface area contributed by atoms with E-state index in [4.69, 9.17) is 5.73 Å². The van der Waals surface area contributed by atoms with Crippen molar-refractivity contribution >= 4 is 0 Å². The van der Waals surface area contributed by atoms with Crippen LogP contribution in [-0.2, 0) is 13.1 Å². The smallest absolute Gasteiger partial charge is 0.0534 e. The number of hydrogen-bond donors (Lipinski definition) is 1. The lowest BCUT2D eigenvalue weighted by Gasteiger charge is -2.35. The Morgan fingerprint density at radius 2 is 2.31 bits per heavy atom. The van der Waals surface area contributed by atoms with Gasteiger partial charge in [-0.1, -0.05) is 0 Å². The second-order valence-electron chi connectivity index (χ2n) is 5.00. The second kappa shape index (κ2) is 4.97. The second-order valence-corrected chi connectivity index (χ2v) is 5.00. The molecular weight excluding hydrogens is 200 g/mol. The summed E-state index contributed by atoms with van der Waals surface area (Å²) < 4.78 is 1.97. The Hall–Kier alpha value is -0.870. The third-order valence-corrected chi connectivity index (χ3v) is 3.31. The summed E-state index contributed by atoms with van der Waals surface area (Å²) in [5.41, 5.74) is 7.09. The zero-order valence-corrected chi connectivity index (χ0v) is 10.3. The zero-order chi connectivity index (χ0) is 11.5. The molecule has 1 aromatic rings. The molecule has 0 radical (unpaired) electrons. The highest BCUT2D eigenvalue weighted by molar-refractivity contribution is 5.03. The van der Waals surface area contributed by atoms with Crippen LogP contribution in [0.3, 0.4) is 0 Å². The van der Waals surface area contributed by atoms with Gasteiger partial charge in [0.05, 0.1) is 6.20 Å². The first-order valence-electron chi connectivity index (χ1n) is 6.12. The van der Waals surface area contributed by atoms with Gasteiger partial charge in [-0.3, -0.25) is 4.68 Å². The van der Waals surface area contributed by atoms with E-state index in [1.54, 1.807) is 0 Å². The monoisotopic (exact) mass is 222 g/mol. The molecule has 4 nitrogen and oxygen atoms in total. The van der Waals surface area contributed by atoms with Crippen molar-refractivity contribution in [1.29, 1.82) is 0 Å². The third-order valence-electron chi connectivity index (χ3n) is 3.31. The summed E-state index contributed by atoms with van der Waals surface area (Å²) in [5, 5.41) is 4.28. The Morgan fingerprint density at radius 1 is 1.56 bits per heavy atom. The highest BCUT2D eigenvalue weighted by Crippen LogP contribution is 2.26. The minimum atomic E-state index is 0.459. The van der Waals surface area contributed by atoms with E-state index in [-0.39, 0.29) is 0 Å². The van der Waals surface area contributed by atoms with Gasteiger partial charge >= 0.3 is 0 Å². The van der Waals surface area contributed by atoms with E-state index in [0.29, 0.717) is 6.04 Å². The number of nitrogens with two attached hydrogens (primary N) is 1. The van der Waals surface area contributed by atoms with Gasteiger partial charge in [0.2, 0.25) is 0 Å². The summed E-state index contributed by atoms with van der Waals surface area (Å²) in [6, 6.07) is 0.459. The molecule has 1 saturated carbocycles. The normalized spacial score (nSPS) is 24.8. The third kappa shape index (κ3) is 2.83. The van der Waals surface area contributed by atoms with E-state index < -0.39 is 0 Å². The SMILES string of the molecule is CCn1cc(CN(C)CC2CC(N)C2)cn1. The van der Waals surface area contributed by atoms with Gasteiger partial charge in [-0.25, -0.2) is 0 Å². The molecule has 0 aliphatic heterocycles. The molecule has 1 heterocycles. The molecule has 4 heteroatoms. The molecule has 0 bridgehead atoms. The van der Waals surface area contributed by atoms with E-state index in [2.05, 4.69) is 30.2 Å². The summed E-state index contributed by atoms with van der Waals surface area (Å²) in [6.07, 6.45) is 6.48. The lowest BCUT2D eigenvalue weighted by atomic mass is 9.80. The van der Waals surface area contributed by atoms with Crippen LogP contribution in [0.1, 0.15) is 25.3 Å². The van der Waals surface area contributed by atoms with Crippen LogP contribution < -0.4 is 5.73 Å². The molecule has 16 heavy (non-hydrogen) atoms. The van der Waals surface area contributed by atoms with E-state index >= 15 is 0 Å². The standard InChI is InChI=1S/C12H22N4/c1-3-16-9-11(6-14-16)8-15(2)7-10-4-12(13)5-10/h6,9-10,12H,3-5,7-8,13H2,1-2H3. The highest BCUT2D eigenvalue weighted by Gasteiger charge is 2.26. The van der Waals surface area contributed by atoms with Crippen LogP contribution in [0.5, 0.6) is 0 Å². The number of nitrogens with zero attached hydrogens (tertiary/aromatic N) is 3. The molecule has 0 saturated heterocycles. The van der Waals surface area contributed by atoms with Crippen molar-refractivity contribution in [2.24, 2.45) is 11.7 Å². The molecule has 2 rings (SSSR count). The number of aromatic nitrogens is 2. The number of rotatable bonds is 5. The van der Waals surface area contributed by atoms with Gasteiger partial charge < -0.3 is 10.6 Å². The Kier molecular flexibility index (Phi) is 3.61. The topological polar surface area (TPSA) is 47.1 Å². The number of hydrogen-bond acceptors (Lipinski definition) is 3. The maximum atomic E-state index is 5.79. The predicted molar refractivity (Wildman–Crippen MR) is 64.9 cm³/mol. The Morgan fingerprint density at radius 3 is 2.88 bits per heavy atom. The average Bonchev–Trinajstić information content (AvgIpc) is 2.63. The van der Waals surface area contributed by atoms with Crippen LogP contribution in [0, 0.1) is 5.92 Å². The summed E-state index contributed by atoms with van der Waals surface area (Å²) in [4.78, 5) is 2.37. The van der Waals surface area contributed by atoms with Gasteiger partial charge in [0.15, 0.2) is 0 Å². The molecule has 0 atom stereocenters. The van der Waals surface area contributed by atoms with Crippen molar-refractivity contribution in [2.45, 2.75) is 38.9 Å². The fraction of sp³-hybridized carbons (Fsp3) is 0.750. The minimum absolute atomic E-state index is 0.459. The van der Waals surface area contributed by atoms with Crippen molar-refractivity contribution in [3.8, 4) is 0 Å². The van der Waals surface area contributed by atoms with Crippen LogP contribution >= 0.6 is 0 Å². The minimum Gasteiger partial charge on any atom is -0.328 e.